The summed E-state index contributed by atoms with van der Waals surface area (Å²) < 4.78 is 5.04. The molecule has 2 aromatic heterocycles. The van der Waals surface area contributed by atoms with Gasteiger partial charge in [0, 0.05) is 25.3 Å². The summed E-state index contributed by atoms with van der Waals surface area (Å²) in [5.74, 6) is 0.907. The van der Waals surface area contributed by atoms with E-state index in [4.69, 9.17) is 4.52 Å². The quantitative estimate of drug-likeness (QED) is 0.896. The molecule has 3 heterocycles. The van der Waals surface area contributed by atoms with Crippen LogP contribution in [0.2, 0.25) is 0 Å². The Morgan fingerprint density at radius 3 is 3.00 bits per heavy atom. The molecule has 0 aromatic carbocycles. The normalized spacial score (nSPS) is 18.6. The fraction of sp³-hybridized carbons (Fsp3) is 0.500. The summed E-state index contributed by atoms with van der Waals surface area (Å²) in [4.78, 5) is 31.3. The number of thiophene rings is 1. The number of likely N-dealkylation sites (tertiary alicyclic amines) is 1. The minimum absolute atomic E-state index is 0.00731. The van der Waals surface area contributed by atoms with Crippen LogP contribution in [0.5, 0.6) is 0 Å². The second-order valence-electron chi connectivity index (χ2n) is 5.89. The van der Waals surface area contributed by atoms with Crippen LogP contribution >= 0.6 is 11.3 Å². The number of rotatable bonds is 5. The topological polar surface area (TPSA) is 88.3 Å². The highest BCUT2D eigenvalue weighted by Gasteiger charge is 2.34. The summed E-state index contributed by atoms with van der Waals surface area (Å²) in [6.45, 7) is 3.88. The number of nitrogens with one attached hydrogen (secondary N) is 1. The fourth-order valence-electron chi connectivity index (χ4n) is 3.03. The van der Waals surface area contributed by atoms with Crippen molar-refractivity contribution >= 4 is 23.2 Å². The Labute approximate surface area is 144 Å². The first-order valence-corrected chi connectivity index (χ1v) is 8.82. The van der Waals surface area contributed by atoms with E-state index >= 15 is 0 Å². The summed E-state index contributed by atoms with van der Waals surface area (Å²) in [5, 5.41) is 8.77. The van der Waals surface area contributed by atoms with Crippen LogP contribution in [-0.2, 0) is 9.59 Å². The summed E-state index contributed by atoms with van der Waals surface area (Å²) in [6, 6.07) is 3.40. The zero-order valence-corrected chi connectivity index (χ0v) is 14.5. The smallest absolute Gasteiger partial charge is 0.225 e. The molecule has 1 N–H and O–H groups in total. The maximum atomic E-state index is 12.8. The standard InChI is InChI=1S/C16H20N4O3S/c1-10(21)17-12(14-6-4-8-24-14)9-15(22)20-7-3-5-13(20)16-18-11(2)23-19-16/h4,6,8,12-13H,3,5,7,9H2,1-2H3,(H,17,21)/t12-,13+/m1/s1. The van der Waals surface area contributed by atoms with Gasteiger partial charge in [-0.05, 0) is 24.3 Å². The first-order chi connectivity index (χ1) is 11.5. The second kappa shape index (κ2) is 7.12. The van der Waals surface area contributed by atoms with Crippen molar-refractivity contribution in [3.05, 3.63) is 34.1 Å². The highest BCUT2D eigenvalue weighted by atomic mass is 32.1. The highest BCUT2D eigenvalue weighted by molar-refractivity contribution is 7.10. The molecule has 2 atom stereocenters. The number of hydrogen-bond donors (Lipinski definition) is 1. The molecule has 0 unspecified atom stereocenters. The number of aryl methyl sites for hydroxylation is 1. The molecule has 0 bridgehead atoms. The van der Waals surface area contributed by atoms with Crippen LogP contribution in [0.4, 0.5) is 0 Å². The molecule has 0 spiro atoms. The van der Waals surface area contributed by atoms with Crippen LogP contribution < -0.4 is 5.32 Å². The van der Waals surface area contributed by atoms with Gasteiger partial charge < -0.3 is 14.7 Å². The molecule has 2 aromatic rings. The van der Waals surface area contributed by atoms with Crippen LogP contribution in [0, 0.1) is 6.92 Å². The SMILES string of the molecule is CC(=O)N[C@H](CC(=O)N1CCC[C@H]1c1noc(C)n1)c1cccs1. The summed E-state index contributed by atoms with van der Waals surface area (Å²) in [6.07, 6.45) is 1.97. The maximum absolute atomic E-state index is 12.8. The Hall–Kier alpha value is -2.22. The molecule has 0 aliphatic carbocycles. The molecule has 0 saturated carbocycles. The summed E-state index contributed by atoms with van der Waals surface area (Å²) >= 11 is 1.53. The van der Waals surface area contributed by atoms with Gasteiger partial charge in [0.2, 0.25) is 17.7 Å². The van der Waals surface area contributed by atoms with Crippen molar-refractivity contribution in [2.45, 2.75) is 45.2 Å². The van der Waals surface area contributed by atoms with Gasteiger partial charge in [-0.3, -0.25) is 9.59 Å². The second-order valence-corrected chi connectivity index (χ2v) is 6.87. The van der Waals surface area contributed by atoms with E-state index in [9.17, 15) is 9.59 Å². The van der Waals surface area contributed by atoms with Gasteiger partial charge in [-0.1, -0.05) is 11.2 Å². The van der Waals surface area contributed by atoms with E-state index in [1.54, 1.807) is 11.8 Å². The average molecular weight is 348 g/mol. The van der Waals surface area contributed by atoms with E-state index in [2.05, 4.69) is 15.5 Å². The van der Waals surface area contributed by atoms with Gasteiger partial charge in [0.25, 0.3) is 0 Å². The minimum atomic E-state index is -0.303. The summed E-state index contributed by atoms with van der Waals surface area (Å²) in [7, 11) is 0. The van der Waals surface area contributed by atoms with Crippen molar-refractivity contribution in [2.75, 3.05) is 6.54 Å². The molecule has 7 nitrogen and oxygen atoms in total. The third-order valence-corrected chi connectivity index (χ3v) is 5.04. The number of aromatic nitrogens is 2. The third-order valence-electron chi connectivity index (χ3n) is 4.06. The Morgan fingerprint density at radius 2 is 2.38 bits per heavy atom. The van der Waals surface area contributed by atoms with Crippen LogP contribution in [-0.4, -0.2) is 33.4 Å². The lowest BCUT2D eigenvalue weighted by molar-refractivity contribution is -0.133. The molecule has 2 amide bonds. The van der Waals surface area contributed by atoms with Crippen LogP contribution in [0.1, 0.15) is 54.9 Å². The predicted octanol–water partition coefficient (Wildman–Crippen LogP) is 2.37. The Bertz CT molecular complexity index is 713. The van der Waals surface area contributed by atoms with Crippen molar-refractivity contribution in [2.24, 2.45) is 0 Å². The monoisotopic (exact) mass is 348 g/mol. The first kappa shape index (κ1) is 16.6. The molecule has 3 rings (SSSR count). The Morgan fingerprint density at radius 1 is 1.54 bits per heavy atom. The molecular formula is C16H20N4O3S. The lowest BCUT2D eigenvalue weighted by atomic mass is 10.1. The lowest BCUT2D eigenvalue weighted by Crippen LogP contribution is -2.35. The summed E-state index contributed by atoms with van der Waals surface area (Å²) in [5.41, 5.74) is 0. The molecule has 1 aliphatic rings. The van der Waals surface area contributed by atoms with Gasteiger partial charge in [-0.2, -0.15) is 4.98 Å². The van der Waals surface area contributed by atoms with Crippen molar-refractivity contribution in [3.63, 3.8) is 0 Å². The zero-order chi connectivity index (χ0) is 17.1. The van der Waals surface area contributed by atoms with Crippen LogP contribution in [0.25, 0.3) is 0 Å². The van der Waals surface area contributed by atoms with E-state index < -0.39 is 0 Å². The molecule has 128 valence electrons. The molecule has 8 heteroatoms. The number of amides is 2. The van der Waals surface area contributed by atoms with Crippen LogP contribution in [0.15, 0.2) is 22.0 Å². The van der Waals surface area contributed by atoms with E-state index in [1.165, 1.54) is 18.3 Å². The largest absolute Gasteiger partial charge is 0.348 e. The number of carbonyl (C=O) groups excluding carboxylic acids is 2. The zero-order valence-electron chi connectivity index (χ0n) is 13.7. The van der Waals surface area contributed by atoms with Crippen molar-refractivity contribution in [1.29, 1.82) is 0 Å². The molecular weight excluding hydrogens is 328 g/mol. The molecule has 1 fully saturated rings. The number of hydrogen-bond acceptors (Lipinski definition) is 6. The maximum Gasteiger partial charge on any atom is 0.225 e. The van der Waals surface area contributed by atoms with E-state index in [0.717, 1.165) is 17.7 Å². The van der Waals surface area contributed by atoms with Crippen molar-refractivity contribution in [3.8, 4) is 0 Å². The van der Waals surface area contributed by atoms with Gasteiger partial charge in [-0.25, -0.2) is 0 Å². The Kier molecular flexibility index (Phi) is 4.94. The van der Waals surface area contributed by atoms with Gasteiger partial charge in [0.05, 0.1) is 18.5 Å². The highest BCUT2D eigenvalue weighted by Crippen LogP contribution is 2.32. The van der Waals surface area contributed by atoms with Gasteiger partial charge >= 0.3 is 0 Å². The van der Waals surface area contributed by atoms with E-state index in [-0.39, 0.29) is 30.3 Å². The van der Waals surface area contributed by atoms with Crippen molar-refractivity contribution < 1.29 is 14.1 Å². The Balaban J connectivity index is 1.73. The lowest BCUT2D eigenvalue weighted by Gasteiger charge is -2.25. The van der Waals surface area contributed by atoms with Gasteiger partial charge in [0.1, 0.15) is 0 Å². The first-order valence-electron chi connectivity index (χ1n) is 7.95. The fourth-order valence-corrected chi connectivity index (χ4v) is 3.81. The predicted molar refractivity (Wildman–Crippen MR) is 88.2 cm³/mol. The van der Waals surface area contributed by atoms with Crippen LogP contribution in [0.3, 0.4) is 0 Å². The number of carbonyl (C=O) groups is 2. The van der Waals surface area contributed by atoms with Gasteiger partial charge in [-0.15, -0.1) is 11.3 Å². The van der Waals surface area contributed by atoms with E-state index in [1.807, 2.05) is 17.5 Å². The molecule has 24 heavy (non-hydrogen) atoms. The number of nitrogens with zero attached hydrogens (tertiary/aromatic N) is 3. The van der Waals surface area contributed by atoms with Gasteiger partial charge in [0.15, 0.2) is 5.82 Å². The van der Waals surface area contributed by atoms with Crippen molar-refractivity contribution in [1.82, 2.24) is 20.4 Å². The third kappa shape index (κ3) is 3.64. The average Bonchev–Trinajstić information content (AvgIpc) is 3.27. The molecule has 1 saturated heterocycles. The molecule has 0 radical (unpaired) electrons. The minimum Gasteiger partial charge on any atom is -0.348 e. The molecule has 1 aliphatic heterocycles. The van der Waals surface area contributed by atoms with E-state index in [0.29, 0.717) is 18.3 Å².